The van der Waals surface area contributed by atoms with Crippen molar-refractivity contribution in [2.75, 3.05) is 5.75 Å². The molecule has 16 heavy (non-hydrogen) atoms. The summed E-state index contributed by atoms with van der Waals surface area (Å²) >= 11 is 1.77. The largest absolute Gasteiger partial charge is 0.388 e. The number of H-pyrrole nitrogens is 1. The van der Waals surface area contributed by atoms with Gasteiger partial charge in [0, 0.05) is 10.6 Å². The van der Waals surface area contributed by atoms with Crippen molar-refractivity contribution in [3.05, 3.63) is 33.9 Å². The average Bonchev–Trinajstić information content (AvgIpc) is 2.73. The van der Waals surface area contributed by atoms with Crippen molar-refractivity contribution < 1.29 is 5.11 Å². The Morgan fingerprint density at radius 3 is 3.19 bits per heavy atom. The summed E-state index contributed by atoms with van der Waals surface area (Å²) in [5.74, 6) is 1.39. The zero-order valence-corrected chi connectivity index (χ0v) is 9.30. The van der Waals surface area contributed by atoms with Crippen molar-refractivity contribution in [1.29, 1.82) is 0 Å². The number of nitrogens with zero attached hydrogens (tertiary/aromatic N) is 1. The van der Waals surface area contributed by atoms with Gasteiger partial charge in [-0.05, 0) is 24.1 Å². The van der Waals surface area contributed by atoms with Gasteiger partial charge in [-0.3, -0.25) is 4.79 Å². The van der Waals surface area contributed by atoms with Crippen LogP contribution in [0, 0.1) is 0 Å². The average molecular weight is 234 g/mol. The van der Waals surface area contributed by atoms with Gasteiger partial charge >= 0.3 is 0 Å². The van der Waals surface area contributed by atoms with Crippen molar-refractivity contribution in [1.82, 2.24) is 9.97 Å². The molecule has 1 aliphatic rings. The number of fused-ring (bicyclic) bond motifs is 2. The van der Waals surface area contributed by atoms with E-state index in [1.165, 1.54) is 10.5 Å². The molecule has 0 saturated carbocycles. The molecule has 5 heteroatoms. The number of aryl methyl sites for hydroxylation is 1. The number of hydrogen-bond acceptors (Lipinski definition) is 4. The van der Waals surface area contributed by atoms with Crippen molar-refractivity contribution in [2.45, 2.75) is 17.9 Å². The van der Waals surface area contributed by atoms with Crippen LogP contribution in [0.1, 0.15) is 11.4 Å². The summed E-state index contributed by atoms with van der Waals surface area (Å²) < 4.78 is 0. The summed E-state index contributed by atoms with van der Waals surface area (Å²) in [7, 11) is 0. The topological polar surface area (TPSA) is 66.0 Å². The summed E-state index contributed by atoms with van der Waals surface area (Å²) in [5.41, 5.74) is 1.75. The summed E-state index contributed by atoms with van der Waals surface area (Å²) in [5, 5.41) is 9.58. The molecular weight excluding hydrogens is 224 g/mol. The van der Waals surface area contributed by atoms with Crippen LogP contribution >= 0.6 is 11.8 Å². The van der Waals surface area contributed by atoms with Gasteiger partial charge in [0.15, 0.2) is 0 Å². The molecule has 0 unspecified atom stereocenters. The minimum Gasteiger partial charge on any atom is -0.388 e. The molecule has 1 aliphatic heterocycles. The molecule has 0 radical (unpaired) electrons. The monoisotopic (exact) mass is 234 g/mol. The van der Waals surface area contributed by atoms with Crippen LogP contribution in [0.2, 0.25) is 0 Å². The standard InChI is InChI=1S/C11H10N2O2S/c14-5-10-12-8-3-6-1-2-16-9(6)4-7(8)11(15)13-10/h3-4,14H,1-2,5H2,(H,12,13,15). The van der Waals surface area contributed by atoms with Gasteiger partial charge < -0.3 is 10.1 Å². The third kappa shape index (κ3) is 1.44. The van der Waals surface area contributed by atoms with Crippen molar-refractivity contribution in [3.8, 4) is 0 Å². The number of benzene rings is 1. The van der Waals surface area contributed by atoms with E-state index in [4.69, 9.17) is 5.11 Å². The molecule has 0 atom stereocenters. The van der Waals surface area contributed by atoms with E-state index in [0.717, 1.165) is 12.2 Å². The van der Waals surface area contributed by atoms with Crippen molar-refractivity contribution >= 4 is 22.7 Å². The maximum Gasteiger partial charge on any atom is 0.258 e. The van der Waals surface area contributed by atoms with E-state index in [0.29, 0.717) is 16.7 Å². The van der Waals surface area contributed by atoms with E-state index in [2.05, 4.69) is 9.97 Å². The molecule has 82 valence electrons. The summed E-state index contributed by atoms with van der Waals surface area (Å²) in [6.07, 6.45) is 1.03. The first-order chi connectivity index (χ1) is 7.78. The van der Waals surface area contributed by atoms with Crippen molar-refractivity contribution in [2.24, 2.45) is 0 Å². The molecule has 0 spiro atoms. The molecule has 3 rings (SSSR count). The molecule has 0 amide bonds. The molecule has 0 bridgehead atoms. The Kier molecular flexibility index (Phi) is 2.22. The first-order valence-electron chi connectivity index (χ1n) is 5.07. The SMILES string of the molecule is O=c1[nH]c(CO)nc2cc3c(cc12)SCC3. The molecule has 2 aromatic rings. The Labute approximate surface area is 95.7 Å². The number of aromatic amines is 1. The van der Waals surface area contributed by atoms with Crippen LogP contribution in [-0.4, -0.2) is 20.8 Å². The van der Waals surface area contributed by atoms with E-state index in [1.807, 2.05) is 12.1 Å². The molecular formula is C11H10N2O2S. The van der Waals surface area contributed by atoms with Crippen LogP contribution in [0.5, 0.6) is 0 Å². The van der Waals surface area contributed by atoms with Crippen LogP contribution in [0.15, 0.2) is 21.8 Å². The zero-order valence-electron chi connectivity index (χ0n) is 8.49. The first-order valence-corrected chi connectivity index (χ1v) is 6.06. The van der Waals surface area contributed by atoms with Crippen LogP contribution in [-0.2, 0) is 13.0 Å². The fourth-order valence-electron chi connectivity index (χ4n) is 1.93. The van der Waals surface area contributed by atoms with Crippen LogP contribution in [0.4, 0.5) is 0 Å². The summed E-state index contributed by atoms with van der Waals surface area (Å²) in [6.45, 7) is -0.239. The molecule has 1 aromatic carbocycles. The fraction of sp³-hybridized carbons (Fsp3) is 0.273. The number of aromatic nitrogens is 2. The maximum atomic E-state index is 11.7. The highest BCUT2D eigenvalue weighted by molar-refractivity contribution is 7.99. The molecule has 1 aromatic heterocycles. The minimum atomic E-state index is -0.239. The Hall–Kier alpha value is -1.33. The van der Waals surface area contributed by atoms with Gasteiger partial charge in [0.1, 0.15) is 12.4 Å². The quantitative estimate of drug-likeness (QED) is 0.774. The number of rotatable bonds is 1. The molecule has 2 N–H and O–H groups in total. The van der Waals surface area contributed by atoms with Gasteiger partial charge in [-0.25, -0.2) is 4.98 Å². The number of hydrogen-bond donors (Lipinski definition) is 2. The molecule has 0 aliphatic carbocycles. The third-order valence-electron chi connectivity index (χ3n) is 2.72. The Balaban J connectivity index is 2.35. The smallest absolute Gasteiger partial charge is 0.258 e. The van der Waals surface area contributed by atoms with Crippen LogP contribution in [0.25, 0.3) is 10.9 Å². The predicted molar refractivity (Wildman–Crippen MR) is 62.7 cm³/mol. The number of thioether (sulfide) groups is 1. The Morgan fingerprint density at radius 2 is 2.38 bits per heavy atom. The lowest BCUT2D eigenvalue weighted by atomic mass is 10.1. The van der Waals surface area contributed by atoms with E-state index in [1.54, 1.807) is 11.8 Å². The maximum absolute atomic E-state index is 11.7. The second-order valence-corrected chi connectivity index (χ2v) is 4.88. The highest BCUT2D eigenvalue weighted by Crippen LogP contribution is 2.33. The van der Waals surface area contributed by atoms with E-state index < -0.39 is 0 Å². The van der Waals surface area contributed by atoms with Gasteiger partial charge in [0.2, 0.25) is 0 Å². The van der Waals surface area contributed by atoms with E-state index >= 15 is 0 Å². The van der Waals surface area contributed by atoms with Crippen LogP contribution in [0.3, 0.4) is 0 Å². The number of nitrogens with one attached hydrogen (secondary N) is 1. The third-order valence-corrected chi connectivity index (χ3v) is 3.81. The normalized spacial score (nSPS) is 14.3. The lowest BCUT2D eigenvalue weighted by molar-refractivity contribution is 0.271. The van der Waals surface area contributed by atoms with Crippen molar-refractivity contribution in [3.63, 3.8) is 0 Å². The van der Waals surface area contributed by atoms with Gasteiger partial charge in [0.05, 0.1) is 10.9 Å². The van der Waals surface area contributed by atoms with Gasteiger partial charge in [-0.2, -0.15) is 0 Å². The molecule has 2 heterocycles. The minimum absolute atomic E-state index is 0.177. The molecule has 0 saturated heterocycles. The highest BCUT2D eigenvalue weighted by atomic mass is 32.2. The molecule has 4 nitrogen and oxygen atoms in total. The summed E-state index contributed by atoms with van der Waals surface area (Å²) in [4.78, 5) is 19.7. The zero-order chi connectivity index (χ0) is 11.1. The fourth-order valence-corrected chi connectivity index (χ4v) is 3.02. The highest BCUT2D eigenvalue weighted by Gasteiger charge is 2.14. The Bertz CT molecular complexity index is 621. The summed E-state index contributed by atoms with van der Waals surface area (Å²) in [6, 6.07) is 3.86. The van der Waals surface area contributed by atoms with Gasteiger partial charge in [-0.1, -0.05) is 0 Å². The number of aliphatic hydroxyl groups excluding tert-OH is 1. The lowest BCUT2D eigenvalue weighted by Gasteiger charge is -2.03. The first kappa shape index (κ1) is 9.86. The molecule has 0 fully saturated rings. The van der Waals surface area contributed by atoms with E-state index in [-0.39, 0.29) is 12.2 Å². The second kappa shape index (κ2) is 3.61. The van der Waals surface area contributed by atoms with E-state index in [9.17, 15) is 4.79 Å². The predicted octanol–water partition coefficient (Wildman–Crippen LogP) is 1.06. The number of aliphatic hydroxyl groups is 1. The second-order valence-electron chi connectivity index (χ2n) is 3.75. The van der Waals surface area contributed by atoms with Gasteiger partial charge in [0.25, 0.3) is 5.56 Å². The lowest BCUT2D eigenvalue weighted by Crippen LogP contribution is -2.12. The van der Waals surface area contributed by atoms with Gasteiger partial charge in [-0.15, -0.1) is 11.8 Å². The van der Waals surface area contributed by atoms with Crippen LogP contribution < -0.4 is 5.56 Å². The Morgan fingerprint density at radius 1 is 1.50 bits per heavy atom.